The first-order chi connectivity index (χ1) is 7.91. The number of halogens is 1. The Morgan fingerprint density at radius 1 is 1.41 bits per heavy atom. The molecular formula is C13H17BrN2O. The second kappa shape index (κ2) is 4.33. The molecule has 0 bridgehead atoms. The number of nitrogens with zero attached hydrogens (tertiary/aromatic N) is 1. The van der Waals surface area contributed by atoms with Gasteiger partial charge in [-0.15, -0.1) is 0 Å². The van der Waals surface area contributed by atoms with E-state index in [1.807, 2.05) is 26.1 Å². The second-order valence-electron chi connectivity index (χ2n) is 4.88. The van der Waals surface area contributed by atoms with Crippen LogP contribution in [0.2, 0.25) is 0 Å². The van der Waals surface area contributed by atoms with E-state index in [1.54, 1.807) is 4.90 Å². The molecule has 1 aliphatic heterocycles. The first-order valence-corrected chi connectivity index (χ1v) is 6.55. The highest BCUT2D eigenvalue weighted by atomic mass is 79.9. The summed E-state index contributed by atoms with van der Waals surface area (Å²) < 4.78 is 1.03. The minimum absolute atomic E-state index is 0.137. The van der Waals surface area contributed by atoms with Gasteiger partial charge in [-0.2, -0.15) is 0 Å². The number of benzene rings is 1. The monoisotopic (exact) mass is 296 g/mol. The number of hydrogen-bond donors (Lipinski definition) is 1. The molecule has 0 aliphatic carbocycles. The quantitative estimate of drug-likeness (QED) is 0.863. The summed E-state index contributed by atoms with van der Waals surface area (Å²) in [6, 6.07) is 3.92. The second-order valence-corrected chi connectivity index (χ2v) is 5.80. The highest BCUT2D eigenvalue weighted by Gasteiger charge is 2.33. The van der Waals surface area contributed by atoms with Crippen LogP contribution in [0.3, 0.4) is 0 Å². The normalized spacial score (nSPS) is 19.3. The van der Waals surface area contributed by atoms with Crippen molar-refractivity contribution in [1.82, 2.24) is 0 Å². The number of nitrogens with one attached hydrogen (secondary N) is 1. The topological polar surface area (TPSA) is 32.3 Å². The Morgan fingerprint density at radius 2 is 2.06 bits per heavy atom. The molecule has 0 radical (unpaired) electrons. The number of hydrogen-bond acceptors (Lipinski definition) is 2. The van der Waals surface area contributed by atoms with Crippen LogP contribution in [-0.2, 0) is 4.79 Å². The standard InChI is InChI=1S/C13H17BrN2O/c1-7(2)11-13(17)16(4)12-8(3)5-9(14)6-10(12)15-11/h5-7,11,15H,1-4H3. The fourth-order valence-electron chi connectivity index (χ4n) is 2.29. The summed E-state index contributed by atoms with van der Waals surface area (Å²) >= 11 is 3.49. The summed E-state index contributed by atoms with van der Waals surface area (Å²) in [6.07, 6.45) is 0. The van der Waals surface area contributed by atoms with E-state index in [0.717, 1.165) is 21.4 Å². The molecular weight excluding hydrogens is 280 g/mol. The molecule has 0 fully saturated rings. The van der Waals surface area contributed by atoms with Crippen molar-refractivity contribution in [3.63, 3.8) is 0 Å². The van der Waals surface area contributed by atoms with E-state index in [4.69, 9.17) is 0 Å². The fraction of sp³-hybridized carbons (Fsp3) is 0.462. The van der Waals surface area contributed by atoms with E-state index >= 15 is 0 Å². The van der Waals surface area contributed by atoms with Gasteiger partial charge in [0.25, 0.3) is 0 Å². The Kier molecular flexibility index (Phi) is 3.17. The van der Waals surface area contributed by atoms with Gasteiger partial charge in [0.15, 0.2) is 0 Å². The van der Waals surface area contributed by atoms with Crippen molar-refractivity contribution >= 4 is 33.2 Å². The molecule has 1 aromatic rings. The van der Waals surface area contributed by atoms with Crippen LogP contribution in [0.4, 0.5) is 11.4 Å². The van der Waals surface area contributed by atoms with E-state index < -0.39 is 0 Å². The van der Waals surface area contributed by atoms with Crippen LogP contribution >= 0.6 is 15.9 Å². The van der Waals surface area contributed by atoms with Crippen molar-refractivity contribution in [2.45, 2.75) is 26.8 Å². The number of likely N-dealkylation sites (N-methyl/N-ethyl adjacent to an activating group) is 1. The highest BCUT2D eigenvalue weighted by molar-refractivity contribution is 9.10. The van der Waals surface area contributed by atoms with Gasteiger partial charge in [-0.25, -0.2) is 0 Å². The first-order valence-electron chi connectivity index (χ1n) is 5.76. The van der Waals surface area contributed by atoms with E-state index in [0.29, 0.717) is 0 Å². The zero-order chi connectivity index (χ0) is 12.7. The molecule has 92 valence electrons. The van der Waals surface area contributed by atoms with Crippen LogP contribution in [0, 0.1) is 12.8 Å². The average molecular weight is 297 g/mol. The van der Waals surface area contributed by atoms with Crippen LogP contribution in [0.15, 0.2) is 16.6 Å². The molecule has 1 unspecified atom stereocenters. The molecule has 0 spiro atoms. The van der Waals surface area contributed by atoms with E-state index in [2.05, 4.69) is 35.1 Å². The molecule has 1 heterocycles. The van der Waals surface area contributed by atoms with Gasteiger partial charge in [-0.05, 0) is 30.5 Å². The lowest BCUT2D eigenvalue weighted by Gasteiger charge is -2.36. The minimum atomic E-state index is -0.138. The lowest BCUT2D eigenvalue weighted by Crippen LogP contribution is -2.48. The third-order valence-electron chi connectivity index (χ3n) is 3.17. The molecule has 0 saturated carbocycles. The van der Waals surface area contributed by atoms with Crippen LogP contribution in [0.5, 0.6) is 0 Å². The van der Waals surface area contributed by atoms with E-state index in [-0.39, 0.29) is 17.9 Å². The number of amides is 1. The van der Waals surface area contributed by atoms with E-state index in [9.17, 15) is 4.79 Å². The maximum Gasteiger partial charge on any atom is 0.249 e. The van der Waals surface area contributed by atoms with Gasteiger partial charge in [0.1, 0.15) is 6.04 Å². The minimum Gasteiger partial charge on any atom is -0.372 e. The molecule has 1 aliphatic rings. The molecule has 1 atom stereocenters. The Balaban J connectivity index is 2.53. The lowest BCUT2D eigenvalue weighted by molar-refractivity contribution is -0.120. The van der Waals surface area contributed by atoms with Gasteiger partial charge < -0.3 is 10.2 Å². The third kappa shape index (κ3) is 2.06. The smallest absolute Gasteiger partial charge is 0.249 e. The zero-order valence-electron chi connectivity index (χ0n) is 10.5. The fourth-order valence-corrected chi connectivity index (χ4v) is 2.86. The molecule has 1 N–H and O–H groups in total. The average Bonchev–Trinajstić information content (AvgIpc) is 2.21. The van der Waals surface area contributed by atoms with Crippen LogP contribution in [0.1, 0.15) is 19.4 Å². The summed E-state index contributed by atoms with van der Waals surface area (Å²) in [7, 11) is 1.85. The number of carbonyl (C=O) groups is 1. The lowest BCUT2D eigenvalue weighted by atomic mass is 9.98. The molecule has 0 saturated heterocycles. The van der Waals surface area contributed by atoms with Crippen LogP contribution in [-0.4, -0.2) is 19.0 Å². The molecule has 1 amide bonds. The summed E-state index contributed by atoms with van der Waals surface area (Å²) in [5.74, 6) is 0.412. The maximum atomic E-state index is 12.2. The highest BCUT2D eigenvalue weighted by Crippen LogP contribution is 2.37. The summed E-state index contributed by atoms with van der Waals surface area (Å²) in [4.78, 5) is 14.0. The van der Waals surface area contributed by atoms with Gasteiger partial charge in [0.05, 0.1) is 11.4 Å². The SMILES string of the molecule is Cc1cc(Br)cc2c1N(C)C(=O)C(C(C)C)N2. The predicted octanol–water partition coefficient (Wildman–Crippen LogP) is 3.17. The predicted molar refractivity (Wildman–Crippen MR) is 74.5 cm³/mol. The van der Waals surface area contributed by atoms with Gasteiger partial charge >= 0.3 is 0 Å². The van der Waals surface area contributed by atoms with Gasteiger partial charge in [0, 0.05) is 11.5 Å². The van der Waals surface area contributed by atoms with Crippen molar-refractivity contribution in [3.8, 4) is 0 Å². The van der Waals surface area contributed by atoms with Crippen molar-refractivity contribution in [1.29, 1.82) is 0 Å². The van der Waals surface area contributed by atoms with Gasteiger partial charge in [-0.3, -0.25) is 4.79 Å². The Hall–Kier alpha value is -1.03. The molecule has 3 nitrogen and oxygen atoms in total. The van der Waals surface area contributed by atoms with Crippen LogP contribution in [0.25, 0.3) is 0 Å². The summed E-state index contributed by atoms with van der Waals surface area (Å²) in [5, 5.41) is 3.34. The van der Waals surface area contributed by atoms with Gasteiger partial charge in [-0.1, -0.05) is 29.8 Å². The summed E-state index contributed by atoms with van der Waals surface area (Å²) in [6.45, 7) is 6.13. The molecule has 1 aromatic carbocycles. The Labute approximate surface area is 110 Å². The zero-order valence-corrected chi connectivity index (χ0v) is 12.1. The van der Waals surface area contributed by atoms with Crippen molar-refractivity contribution < 1.29 is 4.79 Å². The Morgan fingerprint density at radius 3 is 2.65 bits per heavy atom. The number of rotatable bonds is 1. The van der Waals surface area contributed by atoms with E-state index in [1.165, 1.54) is 0 Å². The molecule has 4 heteroatoms. The maximum absolute atomic E-state index is 12.2. The molecule has 17 heavy (non-hydrogen) atoms. The largest absolute Gasteiger partial charge is 0.372 e. The van der Waals surface area contributed by atoms with Gasteiger partial charge in [0.2, 0.25) is 5.91 Å². The number of anilines is 2. The number of carbonyl (C=O) groups excluding carboxylic acids is 1. The first kappa shape index (κ1) is 12.4. The number of aryl methyl sites for hydroxylation is 1. The Bertz CT molecular complexity index is 471. The van der Waals surface area contributed by atoms with Crippen molar-refractivity contribution in [3.05, 3.63) is 22.2 Å². The summed E-state index contributed by atoms with van der Waals surface area (Å²) in [5.41, 5.74) is 3.10. The van der Waals surface area contributed by atoms with Crippen molar-refractivity contribution in [2.24, 2.45) is 5.92 Å². The number of fused-ring (bicyclic) bond motifs is 1. The van der Waals surface area contributed by atoms with Crippen molar-refractivity contribution in [2.75, 3.05) is 17.3 Å². The third-order valence-corrected chi connectivity index (χ3v) is 3.63. The van der Waals surface area contributed by atoms with Crippen LogP contribution < -0.4 is 10.2 Å². The molecule has 0 aromatic heterocycles. The molecule has 2 rings (SSSR count).